The highest BCUT2D eigenvalue weighted by molar-refractivity contribution is 5.22. The van der Waals surface area contributed by atoms with E-state index in [1.165, 1.54) is 11.6 Å². The van der Waals surface area contributed by atoms with E-state index in [4.69, 9.17) is 0 Å². The Morgan fingerprint density at radius 3 is 2.38 bits per heavy atom. The number of halogens is 1. The zero-order chi connectivity index (χ0) is 17.4. The van der Waals surface area contributed by atoms with Crippen LogP contribution in [0.15, 0.2) is 54.6 Å². The summed E-state index contributed by atoms with van der Waals surface area (Å²) in [5.41, 5.74) is 1.90. The molecule has 4 heteroatoms. The van der Waals surface area contributed by atoms with Gasteiger partial charge in [0.2, 0.25) is 0 Å². The van der Waals surface area contributed by atoms with E-state index in [0.717, 1.165) is 13.1 Å². The first-order chi connectivity index (χ1) is 11.7. The van der Waals surface area contributed by atoms with E-state index < -0.39 is 0 Å². The fraction of sp³-hybridized carbons (Fsp3) is 0.400. The number of rotatable bonds is 9. The van der Waals surface area contributed by atoms with Crippen LogP contribution in [0.3, 0.4) is 0 Å². The second-order valence-corrected chi connectivity index (χ2v) is 6.21. The highest BCUT2D eigenvalue weighted by atomic mass is 19.1. The molecule has 0 aliphatic rings. The Balaban J connectivity index is 2.08. The lowest BCUT2D eigenvalue weighted by atomic mass is 9.93. The Hall–Kier alpha value is -1.75. The average molecular weight is 330 g/mol. The van der Waals surface area contributed by atoms with Crippen molar-refractivity contribution in [3.63, 3.8) is 0 Å². The van der Waals surface area contributed by atoms with Crippen molar-refractivity contribution in [2.75, 3.05) is 26.7 Å². The van der Waals surface area contributed by atoms with Gasteiger partial charge in [-0.3, -0.25) is 4.90 Å². The highest BCUT2D eigenvalue weighted by Crippen LogP contribution is 2.25. The van der Waals surface area contributed by atoms with E-state index in [1.807, 2.05) is 37.4 Å². The lowest BCUT2D eigenvalue weighted by Gasteiger charge is -2.30. The predicted octanol–water partition coefficient (Wildman–Crippen LogP) is 3.22. The molecular formula is C20H27FN2O. The van der Waals surface area contributed by atoms with Crippen LogP contribution in [0.4, 0.5) is 4.39 Å². The number of aliphatic hydroxyl groups excluding tert-OH is 1. The molecule has 0 radical (unpaired) electrons. The summed E-state index contributed by atoms with van der Waals surface area (Å²) in [7, 11) is 1.86. The molecule has 0 bridgehead atoms. The van der Waals surface area contributed by atoms with Gasteiger partial charge in [0.1, 0.15) is 5.82 Å². The van der Waals surface area contributed by atoms with Gasteiger partial charge >= 0.3 is 0 Å². The molecule has 0 spiro atoms. The zero-order valence-corrected chi connectivity index (χ0v) is 14.5. The Morgan fingerprint density at radius 2 is 1.75 bits per heavy atom. The van der Waals surface area contributed by atoms with E-state index in [9.17, 15) is 9.50 Å². The monoisotopic (exact) mass is 330 g/mol. The average Bonchev–Trinajstić information content (AvgIpc) is 2.58. The maximum Gasteiger partial charge on any atom is 0.127 e. The Kier molecular flexibility index (Phi) is 7.37. The molecule has 0 fully saturated rings. The third kappa shape index (κ3) is 5.13. The largest absolute Gasteiger partial charge is 0.395 e. The first-order valence-electron chi connectivity index (χ1n) is 8.44. The molecule has 2 rings (SSSR count). The van der Waals surface area contributed by atoms with Crippen LogP contribution < -0.4 is 5.32 Å². The highest BCUT2D eigenvalue weighted by Gasteiger charge is 2.22. The molecule has 2 aromatic carbocycles. The van der Waals surface area contributed by atoms with Crippen molar-refractivity contribution < 1.29 is 9.50 Å². The first kappa shape index (κ1) is 18.6. The molecule has 0 aliphatic carbocycles. The molecule has 24 heavy (non-hydrogen) atoms. The predicted molar refractivity (Wildman–Crippen MR) is 96.2 cm³/mol. The van der Waals surface area contributed by atoms with Crippen molar-refractivity contribution in [3.8, 4) is 0 Å². The van der Waals surface area contributed by atoms with Gasteiger partial charge in [0, 0.05) is 31.2 Å². The third-order valence-electron chi connectivity index (χ3n) is 4.33. The molecule has 2 atom stereocenters. The maximum absolute atomic E-state index is 14.1. The van der Waals surface area contributed by atoms with E-state index >= 15 is 0 Å². The third-order valence-corrected chi connectivity index (χ3v) is 4.33. The second-order valence-electron chi connectivity index (χ2n) is 6.21. The molecular weight excluding hydrogens is 303 g/mol. The summed E-state index contributed by atoms with van der Waals surface area (Å²) in [5.74, 6) is 0.0163. The summed E-state index contributed by atoms with van der Waals surface area (Å²) in [5, 5.41) is 12.6. The minimum Gasteiger partial charge on any atom is -0.395 e. The van der Waals surface area contributed by atoms with Crippen molar-refractivity contribution in [3.05, 3.63) is 71.5 Å². The van der Waals surface area contributed by atoms with Crippen molar-refractivity contribution in [1.29, 1.82) is 0 Å². The van der Waals surface area contributed by atoms with Gasteiger partial charge < -0.3 is 10.4 Å². The normalized spacial score (nSPS) is 13.9. The molecule has 0 saturated carbocycles. The van der Waals surface area contributed by atoms with Gasteiger partial charge in [-0.05, 0) is 24.6 Å². The van der Waals surface area contributed by atoms with E-state index in [2.05, 4.69) is 29.3 Å². The van der Waals surface area contributed by atoms with Crippen LogP contribution in [0.1, 0.15) is 24.1 Å². The summed E-state index contributed by atoms with van der Waals surface area (Å²) in [6.45, 7) is 4.38. The number of benzene rings is 2. The molecule has 2 aromatic rings. The van der Waals surface area contributed by atoms with Crippen LogP contribution in [-0.2, 0) is 6.54 Å². The van der Waals surface area contributed by atoms with Gasteiger partial charge in [-0.25, -0.2) is 4.39 Å². The molecule has 0 heterocycles. The number of hydrogen-bond donors (Lipinski definition) is 2. The van der Waals surface area contributed by atoms with Crippen molar-refractivity contribution in [1.82, 2.24) is 10.2 Å². The first-order valence-corrected chi connectivity index (χ1v) is 8.44. The van der Waals surface area contributed by atoms with Gasteiger partial charge in [-0.15, -0.1) is 0 Å². The van der Waals surface area contributed by atoms with Gasteiger partial charge in [0.25, 0.3) is 0 Å². The Morgan fingerprint density at radius 1 is 1.08 bits per heavy atom. The van der Waals surface area contributed by atoms with E-state index in [0.29, 0.717) is 12.1 Å². The van der Waals surface area contributed by atoms with Crippen molar-refractivity contribution >= 4 is 0 Å². The summed E-state index contributed by atoms with van der Waals surface area (Å²) in [6, 6.07) is 17.1. The van der Waals surface area contributed by atoms with Gasteiger partial charge in [-0.2, -0.15) is 0 Å². The lowest BCUT2D eigenvalue weighted by Crippen LogP contribution is -2.36. The molecule has 0 aliphatic heterocycles. The number of aliphatic hydroxyl groups is 1. The van der Waals surface area contributed by atoms with Gasteiger partial charge in [0.05, 0.1) is 6.61 Å². The summed E-state index contributed by atoms with van der Waals surface area (Å²) >= 11 is 0. The lowest BCUT2D eigenvalue weighted by molar-refractivity contribution is 0.160. The quantitative estimate of drug-likeness (QED) is 0.741. The molecule has 2 N–H and O–H groups in total. The topological polar surface area (TPSA) is 35.5 Å². The molecule has 0 amide bonds. The second kappa shape index (κ2) is 9.52. The molecule has 0 saturated heterocycles. The fourth-order valence-electron chi connectivity index (χ4n) is 3.20. The van der Waals surface area contributed by atoms with E-state index in [1.54, 1.807) is 6.07 Å². The van der Waals surface area contributed by atoms with Crippen molar-refractivity contribution in [2.24, 2.45) is 5.92 Å². The molecule has 3 nitrogen and oxygen atoms in total. The Bertz CT molecular complexity index is 606. The molecule has 2 unspecified atom stereocenters. The van der Waals surface area contributed by atoms with Crippen LogP contribution in [0.2, 0.25) is 0 Å². The number of nitrogens with one attached hydrogen (secondary N) is 1. The van der Waals surface area contributed by atoms with Crippen LogP contribution in [-0.4, -0.2) is 36.8 Å². The summed E-state index contributed by atoms with van der Waals surface area (Å²) < 4.78 is 14.1. The zero-order valence-electron chi connectivity index (χ0n) is 14.5. The van der Waals surface area contributed by atoms with E-state index in [-0.39, 0.29) is 24.4 Å². The van der Waals surface area contributed by atoms with Crippen LogP contribution >= 0.6 is 0 Å². The van der Waals surface area contributed by atoms with Gasteiger partial charge in [0.15, 0.2) is 0 Å². The fourth-order valence-corrected chi connectivity index (χ4v) is 3.20. The van der Waals surface area contributed by atoms with Crippen LogP contribution in [0, 0.1) is 11.7 Å². The number of hydrogen-bond acceptors (Lipinski definition) is 3. The molecule has 0 aromatic heterocycles. The standard InChI is InChI=1S/C20H27FN2O/c1-16(20(22-2)18-10-6-7-11-19(18)21)14-23(12-13-24)15-17-8-4-3-5-9-17/h3-11,16,20,22,24H,12-15H2,1-2H3. The minimum absolute atomic E-state index is 0.0665. The van der Waals surface area contributed by atoms with Crippen LogP contribution in [0.5, 0.6) is 0 Å². The van der Waals surface area contributed by atoms with Gasteiger partial charge in [-0.1, -0.05) is 55.5 Å². The smallest absolute Gasteiger partial charge is 0.127 e. The maximum atomic E-state index is 14.1. The van der Waals surface area contributed by atoms with Crippen LogP contribution in [0.25, 0.3) is 0 Å². The number of nitrogens with zero attached hydrogens (tertiary/aromatic N) is 1. The Labute approximate surface area is 144 Å². The molecule has 130 valence electrons. The minimum atomic E-state index is -0.180. The van der Waals surface area contributed by atoms with Crippen molar-refractivity contribution in [2.45, 2.75) is 19.5 Å². The summed E-state index contributed by atoms with van der Waals surface area (Å²) in [4.78, 5) is 2.21. The summed E-state index contributed by atoms with van der Waals surface area (Å²) in [6.07, 6.45) is 0. The SMILES string of the molecule is CNC(c1ccccc1F)C(C)CN(CCO)Cc1ccccc1.